The Labute approximate surface area is 133 Å². The summed E-state index contributed by atoms with van der Waals surface area (Å²) >= 11 is 5.69. The first-order chi connectivity index (χ1) is 9.78. The maximum absolute atomic E-state index is 6.11. The van der Waals surface area contributed by atoms with Crippen LogP contribution in [-0.4, -0.2) is 30.8 Å². The topological polar surface area (TPSA) is 27.7 Å². The highest BCUT2D eigenvalue weighted by Crippen LogP contribution is 2.37. The van der Waals surface area contributed by atoms with Crippen LogP contribution < -0.4 is 10.2 Å². The number of halogens is 1. The molecule has 0 unspecified atom stereocenters. The van der Waals surface area contributed by atoms with Gasteiger partial charge in [-0.3, -0.25) is 0 Å². The summed E-state index contributed by atoms with van der Waals surface area (Å²) in [6.45, 7) is 10.9. The average Bonchev–Trinajstić information content (AvgIpc) is 2.60. The van der Waals surface area contributed by atoms with E-state index in [2.05, 4.69) is 27.7 Å². The van der Waals surface area contributed by atoms with Crippen molar-refractivity contribution in [3.05, 3.63) is 23.8 Å². The Bertz CT molecular complexity index is 486. The molecular formula is C16H24BClO3. The molecule has 2 rings (SSSR count). The molecule has 0 aliphatic carbocycles. The zero-order chi connectivity index (χ0) is 15.7. The molecule has 1 heterocycles. The minimum absolute atomic E-state index is 0.334. The predicted molar refractivity (Wildman–Crippen MR) is 87.7 cm³/mol. The second kappa shape index (κ2) is 6.19. The lowest BCUT2D eigenvalue weighted by molar-refractivity contribution is 0.00578. The van der Waals surface area contributed by atoms with Crippen LogP contribution in [0, 0.1) is 6.92 Å². The highest BCUT2D eigenvalue weighted by molar-refractivity contribution is 6.62. The Morgan fingerprint density at radius 1 is 1.14 bits per heavy atom. The molecule has 1 aromatic carbocycles. The van der Waals surface area contributed by atoms with E-state index in [4.69, 9.17) is 25.6 Å². The van der Waals surface area contributed by atoms with Crippen LogP contribution in [0.1, 0.15) is 39.7 Å². The van der Waals surface area contributed by atoms with Crippen molar-refractivity contribution in [2.75, 3.05) is 12.5 Å². The molecule has 0 bridgehead atoms. The molecule has 0 atom stereocenters. The lowest BCUT2D eigenvalue weighted by Gasteiger charge is -2.32. The van der Waals surface area contributed by atoms with Gasteiger partial charge in [0.1, 0.15) is 5.75 Å². The lowest BCUT2D eigenvalue weighted by atomic mass is 9.76. The van der Waals surface area contributed by atoms with E-state index < -0.39 is 0 Å². The van der Waals surface area contributed by atoms with Crippen LogP contribution in [0.15, 0.2) is 18.2 Å². The number of rotatable bonds is 5. The monoisotopic (exact) mass is 310 g/mol. The third-order valence-electron chi connectivity index (χ3n) is 4.37. The van der Waals surface area contributed by atoms with E-state index in [9.17, 15) is 0 Å². The van der Waals surface area contributed by atoms with Crippen LogP contribution in [0.25, 0.3) is 0 Å². The van der Waals surface area contributed by atoms with Crippen molar-refractivity contribution in [3.8, 4) is 5.75 Å². The summed E-state index contributed by atoms with van der Waals surface area (Å²) in [5, 5.41) is 0. The maximum atomic E-state index is 6.11. The van der Waals surface area contributed by atoms with E-state index >= 15 is 0 Å². The molecule has 1 saturated heterocycles. The van der Waals surface area contributed by atoms with Gasteiger partial charge >= 0.3 is 7.12 Å². The van der Waals surface area contributed by atoms with Crippen molar-refractivity contribution in [1.29, 1.82) is 0 Å². The first kappa shape index (κ1) is 16.7. The molecule has 3 nitrogen and oxygen atoms in total. The highest BCUT2D eigenvalue weighted by atomic mass is 35.5. The Kier molecular flexibility index (Phi) is 4.91. The fraction of sp³-hybridized carbons (Fsp3) is 0.625. The van der Waals surface area contributed by atoms with E-state index in [1.54, 1.807) is 0 Å². The molecule has 0 spiro atoms. The summed E-state index contributed by atoms with van der Waals surface area (Å²) in [7, 11) is -0.355. The molecule has 1 aliphatic rings. The van der Waals surface area contributed by atoms with Crippen LogP contribution in [0.3, 0.4) is 0 Å². The molecule has 0 aromatic heterocycles. The van der Waals surface area contributed by atoms with Gasteiger partial charge in [0.2, 0.25) is 0 Å². The van der Waals surface area contributed by atoms with Gasteiger partial charge in [0.25, 0.3) is 0 Å². The molecule has 0 amide bonds. The standard InChI is InChI=1S/C16H24BClO3/c1-12-13(8-6-9-14(12)19-11-7-10-18)17-20-15(2,3)16(4,5)21-17/h6,8-9H,7,10-11H2,1-5H3. The van der Waals surface area contributed by atoms with E-state index in [0.717, 1.165) is 23.2 Å². The molecule has 0 N–H and O–H groups in total. The fourth-order valence-corrected chi connectivity index (χ4v) is 2.36. The molecular weight excluding hydrogens is 286 g/mol. The van der Waals surface area contributed by atoms with Crippen LogP contribution in [-0.2, 0) is 9.31 Å². The predicted octanol–water partition coefficient (Wildman–Crippen LogP) is 3.30. The van der Waals surface area contributed by atoms with Crippen LogP contribution >= 0.6 is 11.6 Å². The Morgan fingerprint density at radius 3 is 2.33 bits per heavy atom. The summed E-state index contributed by atoms with van der Waals surface area (Å²) in [4.78, 5) is 0. The number of hydrogen-bond donors (Lipinski definition) is 0. The summed E-state index contributed by atoms with van der Waals surface area (Å²) in [5.41, 5.74) is 1.42. The number of benzene rings is 1. The number of alkyl halides is 1. The third kappa shape index (κ3) is 3.38. The molecule has 21 heavy (non-hydrogen) atoms. The van der Waals surface area contributed by atoms with E-state index in [1.165, 1.54) is 0 Å². The number of hydrogen-bond acceptors (Lipinski definition) is 3. The molecule has 1 aromatic rings. The second-order valence-electron chi connectivity index (χ2n) is 6.45. The van der Waals surface area contributed by atoms with Gasteiger partial charge in [-0.15, -0.1) is 11.6 Å². The molecule has 1 aliphatic heterocycles. The lowest BCUT2D eigenvalue weighted by Crippen LogP contribution is -2.41. The maximum Gasteiger partial charge on any atom is 0.495 e. The Hall–Kier alpha value is -0.705. The van der Waals surface area contributed by atoms with Crippen molar-refractivity contribution in [1.82, 2.24) is 0 Å². The quantitative estimate of drug-likeness (QED) is 0.474. The third-order valence-corrected chi connectivity index (χ3v) is 4.64. The minimum atomic E-state index is -0.355. The second-order valence-corrected chi connectivity index (χ2v) is 6.83. The average molecular weight is 311 g/mol. The largest absolute Gasteiger partial charge is 0.495 e. The van der Waals surface area contributed by atoms with E-state index in [-0.39, 0.29) is 18.3 Å². The van der Waals surface area contributed by atoms with Gasteiger partial charge in [-0.05, 0) is 58.1 Å². The summed E-state index contributed by atoms with van der Waals surface area (Å²) in [5.74, 6) is 1.48. The molecule has 0 saturated carbocycles. The summed E-state index contributed by atoms with van der Waals surface area (Å²) in [6, 6.07) is 5.98. The smallest absolute Gasteiger partial charge is 0.493 e. The minimum Gasteiger partial charge on any atom is -0.493 e. The first-order valence-electron chi connectivity index (χ1n) is 7.42. The van der Waals surface area contributed by atoms with Gasteiger partial charge < -0.3 is 14.0 Å². The van der Waals surface area contributed by atoms with Crippen molar-refractivity contribution < 1.29 is 14.0 Å². The van der Waals surface area contributed by atoms with Crippen molar-refractivity contribution >= 4 is 24.2 Å². The SMILES string of the molecule is Cc1c(OCCCCl)cccc1B1OC(C)(C)C(C)(C)O1. The summed E-state index contributed by atoms with van der Waals surface area (Å²) in [6.07, 6.45) is 0.835. The molecule has 116 valence electrons. The van der Waals surface area contributed by atoms with E-state index in [0.29, 0.717) is 12.5 Å². The van der Waals surface area contributed by atoms with Gasteiger partial charge in [0.15, 0.2) is 0 Å². The zero-order valence-electron chi connectivity index (χ0n) is 13.5. The van der Waals surface area contributed by atoms with Crippen molar-refractivity contribution in [2.24, 2.45) is 0 Å². The van der Waals surface area contributed by atoms with Crippen molar-refractivity contribution in [2.45, 2.75) is 52.2 Å². The normalized spacial score (nSPS) is 19.8. The van der Waals surface area contributed by atoms with Gasteiger partial charge in [-0.2, -0.15) is 0 Å². The van der Waals surface area contributed by atoms with Gasteiger partial charge in [0.05, 0.1) is 17.8 Å². The zero-order valence-corrected chi connectivity index (χ0v) is 14.3. The molecule has 1 fully saturated rings. The van der Waals surface area contributed by atoms with Gasteiger partial charge in [-0.1, -0.05) is 12.1 Å². The van der Waals surface area contributed by atoms with Crippen molar-refractivity contribution in [3.63, 3.8) is 0 Å². The van der Waals surface area contributed by atoms with Gasteiger partial charge in [-0.25, -0.2) is 0 Å². The molecule has 0 radical (unpaired) electrons. The Balaban J connectivity index is 2.20. The van der Waals surface area contributed by atoms with Gasteiger partial charge in [0, 0.05) is 5.88 Å². The van der Waals surface area contributed by atoms with Crippen LogP contribution in [0.2, 0.25) is 0 Å². The first-order valence-corrected chi connectivity index (χ1v) is 7.96. The van der Waals surface area contributed by atoms with Crippen LogP contribution in [0.5, 0.6) is 5.75 Å². The molecule has 5 heteroatoms. The van der Waals surface area contributed by atoms with Crippen LogP contribution in [0.4, 0.5) is 0 Å². The fourth-order valence-electron chi connectivity index (χ4n) is 2.25. The van der Waals surface area contributed by atoms with E-state index in [1.807, 2.05) is 25.1 Å². The highest BCUT2D eigenvalue weighted by Gasteiger charge is 2.52. The Morgan fingerprint density at radius 2 is 1.76 bits per heavy atom. The summed E-state index contributed by atoms with van der Waals surface area (Å²) < 4.78 is 18.0. The number of ether oxygens (including phenoxy) is 1.